The first-order chi connectivity index (χ1) is 6.05. The molecule has 1 rings (SSSR count). The van der Waals surface area contributed by atoms with Crippen molar-refractivity contribution in [3.8, 4) is 0 Å². The van der Waals surface area contributed by atoms with E-state index in [0.29, 0.717) is 10.2 Å². The van der Waals surface area contributed by atoms with Gasteiger partial charge in [-0.1, -0.05) is 6.07 Å². The van der Waals surface area contributed by atoms with E-state index in [1.165, 1.54) is 0 Å². The van der Waals surface area contributed by atoms with Crippen molar-refractivity contribution in [1.82, 2.24) is 4.98 Å². The Balaban J connectivity index is 2.93. The first kappa shape index (κ1) is 10.6. The minimum Gasteiger partial charge on any atom is -0.273 e. The largest absolute Gasteiger partial charge is 0.273 e. The Morgan fingerprint density at radius 1 is 1.62 bits per heavy atom. The summed E-state index contributed by atoms with van der Waals surface area (Å²) in [6, 6.07) is 3.35. The van der Waals surface area contributed by atoms with Crippen molar-refractivity contribution >= 4 is 26.0 Å². The quantitative estimate of drug-likeness (QED) is 0.611. The van der Waals surface area contributed by atoms with Gasteiger partial charge in [-0.2, -0.15) is 8.42 Å². The molecule has 0 amide bonds. The third kappa shape index (κ3) is 3.06. The molecule has 1 aromatic heterocycles. The third-order valence-electron chi connectivity index (χ3n) is 1.42. The number of aromatic nitrogens is 1. The zero-order valence-corrected chi connectivity index (χ0v) is 9.30. The molecule has 1 aromatic rings. The highest BCUT2D eigenvalue weighted by Gasteiger charge is 2.12. The van der Waals surface area contributed by atoms with Crippen molar-refractivity contribution in [2.24, 2.45) is 0 Å². The van der Waals surface area contributed by atoms with Gasteiger partial charge in [0.25, 0.3) is 10.1 Å². The fraction of sp³-hybridized carbons (Fsp3) is 0.286. The van der Waals surface area contributed by atoms with E-state index in [1.807, 2.05) is 0 Å². The Morgan fingerprint density at radius 2 is 2.31 bits per heavy atom. The van der Waals surface area contributed by atoms with Crippen LogP contribution in [-0.4, -0.2) is 20.5 Å². The van der Waals surface area contributed by atoms with Crippen LogP contribution in [0.1, 0.15) is 5.56 Å². The fourth-order valence-corrected chi connectivity index (χ4v) is 2.08. The topological polar surface area (TPSA) is 56.3 Å². The smallest absolute Gasteiger partial charge is 0.271 e. The maximum Gasteiger partial charge on any atom is 0.271 e. The third-order valence-corrected chi connectivity index (χ3v) is 3.31. The van der Waals surface area contributed by atoms with E-state index in [2.05, 4.69) is 25.1 Å². The van der Waals surface area contributed by atoms with E-state index in [0.717, 1.165) is 7.11 Å². The molecular formula is C7H8BrNO3S. The average molecular weight is 266 g/mol. The molecule has 0 radical (unpaired) electrons. The zero-order chi connectivity index (χ0) is 9.90. The van der Waals surface area contributed by atoms with Gasteiger partial charge in [0, 0.05) is 11.8 Å². The summed E-state index contributed by atoms with van der Waals surface area (Å²) in [5.41, 5.74) is 0.587. The van der Waals surface area contributed by atoms with Crippen LogP contribution in [0.2, 0.25) is 0 Å². The average Bonchev–Trinajstić information content (AvgIpc) is 2.09. The highest BCUT2D eigenvalue weighted by molar-refractivity contribution is 9.10. The molecule has 0 saturated carbocycles. The SMILES string of the molecule is COS(=O)(=O)Cc1cccnc1Br. The van der Waals surface area contributed by atoms with E-state index >= 15 is 0 Å². The van der Waals surface area contributed by atoms with Crippen molar-refractivity contribution in [3.63, 3.8) is 0 Å². The number of nitrogens with zero attached hydrogens (tertiary/aromatic N) is 1. The number of hydrogen-bond acceptors (Lipinski definition) is 4. The summed E-state index contributed by atoms with van der Waals surface area (Å²) in [4.78, 5) is 3.89. The summed E-state index contributed by atoms with van der Waals surface area (Å²) in [6.45, 7) is 0. The second kappa shape index (κ2) is 4.17. The molecule has 0 fully saturated rings. The number of pyridine rings is 1. The van der Waals surface area contributed by atoms with Crippen LogP contribution >= 0.6 is 15.9 Å². The lowest BCUT2D eigenvalue weighted by Crippen LogP contribution is -2.06. The molecule has 0 aliphatic rings. The Hall–Kier alpha value is -0.460. The second-order valence-corrected chi connectivity index (χ2v) is 4.81. The maximum atomic E-state index is 11.1. The van der Waals surface area contributed by atoms with Crippen molar-refractivity contribution < 1.29 is 12.6 Å². The van der Waals surface area contributed by atoms with E-state index in [9.17, 15) is 8.42 Å². The van der Waals surface area contributed by atoms with Crippen LogP contribution in [0.3, 0.4) is 0 Å². The molecule has 0 aromatic carbocycles. The van der Waals surface area contributed by atoms with Crippen molar-refractivity contribution in [3.05, 3.63) is 28.5 Å². The van der Waals surface area contributed by atoms with Crippen LogP contribution < -0.4 is 0 Å². The summed E-state index contributed by atoms with van der Waals surface area (Å²) in [7, 11) is -2.33. The highest BCUT2D eigenvalue weighted by atomic mass is 79.9. The summed E-state index contributed by atoms with van der Waals surface area (Å²) in [6.07, 6.45) is 1.58. The molecular weight excluding hydrogens is 258 g/mol. The lowest BCUT2D eigenvalue weighted by atomic mass is 10.3. The predicted molar refractivity (Wildman–Crippen MR) is 51.6 cm³/mol. The van der Waals surface area contributed by atoms with Gasteiger partial charge in [-0.25, -0.2) is 4.98 Å². The lowest BCUT2D eigenvalue weighted by molar-refractivity contribution is 0.397. The minimum atomic E-state index is -3.47. The van der Waals surface area contributed by atoms with Gasteiger partial charge in [-0.15, -0.1) is 0 Å². The van der Waals surface area contributed by atoms with Crippen LogP contribution in [0.5, 0.6) is 0 Å². The molecule has 0 unspecified atom stereocenters. The Bertz CT molecular complexity index is 390. The zero-order valence-electron chi connectivity index (χ0n) is 6.90. The molecule has 4 nitrogen and oxygen atoms in total. The maximum absolute atomic E-state index is 11.1. The number of rotatable bonds is 3. The molecule has 0 atom stereocenters. The summed E-state index contributed by atoms with van der Waals surface area (Å²) >= 11 is 3.15. The first-order valence-electron chi connectivity index (χ1n) is 3.43. The monoisotopic (exact) mass is 265 g/mol. The van der Waals surface area contributed by atoms with Gasteiger partial charge in [0.1, 0.15) is 10.4 Å². The molecule has 0 aliphatic carbocycles. The number of halogens is 1. The van der Waals surface area contributed by atoms with Gasteiger partial charge < -0.3 is 0 Å². The van der Waals surface area contributed by atoms with Crippen LogP contribution in [0.4, 0.5) is 0 Å². The number of hydrogen-bond donors (Lipinski definition) is 0. The van der Waals surface area contributed by atoms with Crippen molar-refractivity contribution in [2.45, 2.75) is 5.75 Å². The Labute approximate surface area is 85.2 Å². The fourth-order valence-electron chi connectivity index (χ4n) is 0.776. The molecule has 6 heteroatoms. The van der Waals surface area contributed by atoms with E-state index in [-0.39, 0.29) is 5.75 Å². The molecule has 1 heterocycles. The summed E-state index contributed by atoms with van der Waals surface area (Å²) in [5.74, 6) is -0.169. The predicted octanol–water partition coefficient (Wildman–Crippen LogP) is 1.32. The summed E-state index contributed by atoms with van der Waals surface area (Å²) in [5, 5.41) is 0. The standard InChI is InChI=1S/C7H8BrNO3S/c1-12-13(10,11)5-6-3-2-4-9-7(6)8/h2-4H,5H2,1H3. The van der Waals surface area contributed by atoms with Crippen LogP contribution in [0.25, 0.3) is 0 Å². The van der Waals surface area contributed by atoms with Crippen LogP contribution in [-0.2, 0) is 20.1 Å². The van der Waals surface area contributed by atoms with E-state index in [1.54, 1.807) is 18.3 Å². The molecule has 0 saturated heterocycles. The van der Waals surface area contributed by atoms with Gasteiger partial charge in [0.05, 0.1) is 7.11 Å². The molecule has 0 N–H and O–H groups in total. The van der Waals surface area contributed by atoms with Gasteiger partial charge in [-0.05, 0) is 22.0 Å². The Morgan fingerprint density at radius 3 is 2.85 bits per heavy atom. The van der Waals surface area contributed by atoms with E-state index in [4.69, 9.17) is 0 Å². The normalized spacial score (nSPS) is 11.5. The highest BCUT2D eigenvalue weighted by Crippen LogP contribution is 2.15. The lowest BCUT2D eigenvalue weighted by Gasteiger charge is -2.02. The van der Waals surface area contributed by atoms with Crippen molar-refractivity contribution in [2.75, 3.05) is 7.11 Å². The molecule has 13 heavy (non-hydrogen) atoms. The molecule has 0 aliphatic heterocycles. The van der Waals surface area contributed by atoms with Gasteiger partial charge >= 0.3 is 0 Å². The second-order valence-electron chi connectivity index (χ2n) is 2.32. The van der Waals surface area contributed by atoms with Gasteiger partial charge in [-0.3, -0.25) is 4.18 Å². The van der Waals surface area contributed by atoms with Gasteiger partial charge in [0.2, 0.25) is 0 Å². The molecule has 72 valence electrons. The molecule has 0 bridgehead atoms. The van der Waals surface area contributed by atoms with Crippen LogP contribution in [0, 0.1) is 0 Å². The molecule has 0 spiro atoms. The first-order valence-corrected chi connectivity index (χ1v) is 5.80. The van der Waals surface area contributed by atoms with Gasteiger partial charge in [0.15, 0.2) is 0 Å². The van der Waals surface area contributed by atoms with Crippen molar-refractivity contribution in [1.29, 1.82) is 0 Å². The summed E-state index contributed by atoms with van der Waals surface area (Å²) < 4.78 is 26.9. The Kier molecular flexibility index (Phi) is 3.40. The van der Waals surface area contributed by atoms with E-state index < -0.39 is 10.1 Å². The van der Waals surface area contributed by atoms with Crippen LogP contribution in [0.15, 0.2) is 22.9 Å². The minimum absolute atomic E-state index is 0.169.